The molecule has 0 aliphatic heterocycles. The van der Waals surface area contributed by atoms with Gasteiger partial charge in [-0.3, -0.25) is 0 Å². The van der Waals surface area contributed by atoms with E-state index >= 15 is 0 Å². The van der Waals surface area contributed by atoms with Crippen LogP contribution in [0.4, 0.5) is 0 Å². The molecule has 25 heavy (non-hydrogen) atoms. The summed E-state index contributed by atoms with van der Waals surface area (Å²) in [5, 5.41) is 4.44. The number of unbranched alkanes of at least 4 members (excludes halogenated alkanes) is 1. The van der Waals surface area contributed by atoms with Crippen LogP contribution in [0.25, 0.3) is 0 Å². The van der Waals surface area contributed by atoms with Crippen LogP contribution in [0.5, 0.6) is 0 Å². The Morgan fingerprint density at radius 1 is 0.600 bits per heavy atom. The van der Waals surface area contributed by atoms with Gasteiger partial charge in [-0.05, 0) is 0 Å². The molecule has 0 fully saturated rings. The van der Waals surface area contributed by atoms with E-state index in [1.807, 2.05) is 0 Å². The number of benzene rings is 3. The van der Waals surface area contributed by atoms with Gasteiger partial charge in [0.25, 0.3) is 0 Å². The second-order valence-electron chi connectivity index (χ2n) is 6.41. The zero-order valence-electron chi connectivity index (χ0n) is 14.6. The number of nitrogens with one attached hydrogen (secondary N) is 1. The van der Waals surface area contributed by atoms with Crippen molar-refractivity contribution in [3.63, 3.8) is 0 Å². The molecule has 3 heteroatoms. The second kappa shape index (κ2) is 8.92. The van der Waals surface area contributed by atoms with Gasteiger partial charge in [-0.15, -0.1) is 0 Å². The fraction of sp³-hybridized carbons (Fsp3) is 0.182. The van der Waals surface area contributed by atoms with Crippen LogP contribution in [0.1, 0.15) is 12.8 Å². The molecule has 0 bridgehead atoms. The third-order valence-corrected chi connectivity index (χ3v) is 9.98. The van der Waals surface area contributed by atoms with Crippen molar-refractivity contribution in [2.45, 2.75) is 12.8 Å². The molecule has 3 aromatic rings. The summed E-state index contributed by atoms with van der Waals surface area (Å²) in [6.07, 6.45) is 3.44. The Bertz CT molecular complexity index is 648. The van der Waals surface area contributed by atoms with Crippen molar-refractivity contribution in [1.29, 1.82) is 0 Å². The molecule has 0 unspecified atom stereocenters. The number of rotatable bonds is 8. The minimum absolute atomic E-state index is 0.864. The van der Waals surface area contributed by atoms with Crippen molar-refractivity contribution in [1.82, 2.24) is 5.43 Å². The second-order valence-corrected chi connectivity index (χ2v) is 10.5. The van der Waals surface area contributed by atoms with E-state index in [0.29, 0.717) is 0 Å². The Morgan fingerprint density at radius 3 is 1.36 bits per heavy atom. The third kappa shape index (κ3) is 3.99. The Kier molecular flexibility index (Phi) is 6.36. The van der Waals surface area contributed by atoms with E-state index in [2.05, 4.69) is 96.4 Å². The van der Waals surface area contributed by atoms with E-state index < -0.39 is 7.26 Å². The Hall–Kier alpha value is -1.99. The van der Waals surface area contributed by atoms with Crippen LogP contribution < -0.4 is 27.2 Å². The van der Waals surface area contributed by atoms with Crippen molar-refractivity contribution >= 4 is 23.2 Å². The monoisotopic (exact) mass is 350 g/mol. The van der Waals surface area contributed by atoms with Gasteiger partial charge in [0, 0.05) is 0 Å². The normalized spacial score (nSPS) is 12.0. The maximum absolute atomic E-state index is 5.47. The molecule has 0 saturated heterocycles. The predicted molar refractivity (Wildman–Crippen MR) is 113 cm³/mol. The number of hydrogen-bond donors (Lipinski definition) is 2. The van der Waals surface area contributed by atoms with E-state index in [1.54, 1.807) is 0 Å². The predicted octanol–water partition coefficient (Wildman–Crippen LogP) is 2.96. The standard InChI is InChI=1S/C22H27N2P/c23-24-18-10-11-19-25(20-12-4-1-5-13-20,21-14-6-2-7-15-21)22-16-8-3-9-17-22/h1-9,12-17,24-25H,10-11,18-19,23H2. The van der Waals surface area contributed by atoms with E-state index in [9.17, 15) is 0 Å². The summed E-state index contributed by atoms with van der Waals surface area (Å²) < 4.78 is 0. The molecule has 0 heterocycles. The molecule has 0 spiro atoms. The molecule has 130 valence electrons. The van der Waals surface area contributed by atoms with Gasteiger partial charge in [0.2, 0.25) is 0 Å². The summed E-state index contributed by atoms with van der Waals surface area (Å²) >= 11 is 0. The number of hydrogen-bond acceptors (Lipinski definition) is 2. The first-order chi connectivity index (χ1) is 12.4. The van der Waals surface area contributed by atoms with Crippen LogP contribution in [0.15, 0.2) is 91.0 Å². The van der Waals surface area contributed by atoms with Crippen molar-refractivity contribution in [3.8, 4) is 0 Å². The van der Waals surface area contributed by atoms with Gasteiger partial charge in [-0.2, -0.15) is 0 Å². The van der Waals surface area contributed by atoms with E-state index in [4.69, 9.17) is 5.84 Å². The Morgan fingerprint density at radius 2 is 1.00 bits per heavy atom. The fourth-order valence-corrected chi connectivity index (χ4v) is 8.65. The van der Waals surface area contributed by atoms with Crippen LogP contribution in [-0.4, -0.2) is 12.7 Å². The molecule has 0 aromatic heterocycles. The molecule has 0 radical (unpaired) electrons. The van der Waals surface area contributed by atoms with Crippen LogP contribution in [0.2, 0.25) is 0 Å². The first kappa shape index (κ1) is 17.8. The van der Waals surface area contributed by atoms with Crippen LogP contribution in [0, 0.1) is 0 Å². The number of hydrazine groups is 1. The summed E-state index contributed by atoms with van der Waals surface area (Å²) in [7, 11) is -2.04. The molecule has 3 aromatic carbocycles. The first-order valence-electron chi connectivity index (χ1n) is 8.98. The molecule has 3 N–H and O–H groups in total. The number of nitrogens with two attached hydrogens (primary N) is 1. The van der Waals surface area contributed by atoms with Crippen LogP contribution >= 0.6 is 7.26 Å². The molecule has 0 amide bonds. The van der Waals surface area contributed by atoms with E-state index in [1.165, 1.54) is 22.1 Å². The minimum atomic E-state index is -2.04. The topological polar surface area (TPSA) is 38.0 Å². The quantitative estimate of drug-likeness (QED) is 0.284. The third-order valence-electron chi connectivity index (χ3n) is 4.92. The van der Waals surface area contributed by atoms with Crippen molar-refractivity contribution < 1.29 is 0 Å². The van der Waals surface area contributed by atoms with E-state index in [-0.39, 0.29) is 0 Å². The van der Waals surface area contributed by atoms with Crippen molar-refractivity contribution in [2.75, 3.05) is 12.7 Å². The molecule has 3 rings (SSSR count). The van der Waals surface area contributed by atoms with Gasteiger partial charge in [-0.1, -0.05) is 0 Å². The molecular formula is C22H27N2P. The van der Waals surface area contributed by atoms with Gasteiger partial charge in [0.05, 0.1) is 0 Å². The summed E-state index contributed by atoms with van der Waals surface area (Å²) in [5.41, 5.74) is 2.79. The molecule has 0 saturated carbocycles. The van der Waals surface area contributed by atoms with Crippen LogP contribution in [0.3, 0.4) is 0 Å². The SMILES string of the molecule is NNCCCC[PH](c1ccccc1)(c1ccccc1)c1ccccc1. The van der Waals surface area contributed by atoms with Gasteiger partial charge in [-0.25, -0.2) is 0 Å². The van der Waals surface area contributed by atoms with Crippen molar-refractivity contribution in [2.24, 2.45) is 5.84 Å². The zero-order chi connectivity index (χ0) is 17.4. The first-order valence-corrected chi connectivity index (χ1v) is 11.2. The Balaban J connectivity index is 2.13. The molecular weight excluding hydrogens is 323 g/mol. The summed E-state index contributed by atoms with van der Waals surface area (Å²) in [6, 6.07) is 33.2. The summed E-state index contributed by atoms with van der Waals surface area (Å²) in [5.74, 6) is 5.47. The molecule has 0 aliphatic rings. The van der Waals surface area contributed by atoms with Gasteiger partial charge >= 0.3 is 151 Å². The van der Waals surface area contributed by atoms with E-state index in [0.717, 1.165) is 19.4 Å². The van der Waals surface area contributed by atoms with Crippen molar-refractivity contribution in [3.05, 3.63) is 91.0 Å². The summed E-state index contributed by atoms with van der Waals surface area (Å²) in [6.45, 7) is 0.864. The summed E-state index contributed by atoms with van der Waals surface area (Å²) in [4.78, 5) is 0. The fourth-order valence-electron chi connectivity index (χ4n) is 3.72. The molecule has 0 aliphatic carbocycles. The van der Waals surface area contributed by atoms with Gasteiger partial charge < -0.3 is 0 Å². The van der Waals surface area contributed by atoms with Gasteiger partial charge in [0.1, 0.15) is 0 Å². The molecule has 0 atom stereocenters. The average Bonchev–Trinajstić information content (AvgIpc) is 2.70. The Labute approximate surface area is 151 Å². The maximum atomic E-state index is 5.47. The molecule has 2 nitrogen and oxygen atoms in total. The van der Waals surface area contributed by atoms with Crippen LogP contribution in [-0.2, 0) is 0 Å². The van der Waals surface area contributed by atoms with Gasteiger partial charge in [0.15, 0.2) is 0 Å². The zero-order valence-corrected chi connectivity index (χ0v) is 15.6. The average molecular weight is 350 g/mol.